The summed E-state index contributed by atoms with van der Waals surface area (Å²) in [5.41, 5.74) is 0.0920. The predicted octanol–water partition coefficient (Wildman–Crippen LogP) is 2.41. The number of halogens is 1. The fraction of sp³-hybridized carbons (Fsp3) is 0.500. The van der Waals surface area contributed by atoms with Crippen molar-refractivity contribution in [3.63, 3.8) is 0 Å². The SMILES string of the molecule is O=c1c(Br)cccn1CC1CCC1. The molecule has 70 valence electrons. The average Bonchev–Trinajstić information content (AvgIpc) is 2.04. The molecule has 0 amide bonds. The van der Waals surface area contributed by atoms with E-state index in [0.29, 0.717) is 4.47 Å². The molecule has 1 aromatic heterocycles. The van der Waals surface area contributed by atoms with Crippen molar-refractivity contribution in [2.45, 2.75) is 25.8 Å². The Balaban J connectivity index is 2.19. The number of nitrogens with zero attached hydrogens (tertiary/aromatic N) is 1. The minimum atomic E-state index is 0.0920. The Morgan fingerprint density at radius 1 is 1.54 bits per heavy atom. The van der Waals surface area contributed by atoms with Crippen LogP contribution in [0.1, 0.15) is 19.3 Å². The van der Waals surface area contributed by atoms with Crippen LogP contribution < -0.4 is 5.56 Å². The predicted molar refractivity (Wildman–Crippen MR) is 55.7 cm³/mol. The molecule has 2 rings (SSSR count). The Labute approximate surface area is 85.7 Å². The van der Waals surface area contributed by atoms with Gasteiger partial charge in [0.2, 0.25) is 0 Å². The third-order valence-electron chi connectivity index (χ3n) is 2.65. The first-order valence-electron chi connectivity index (χ1n) is 4.62. The molecule has 0 spiro atoms. The van der Waals surface area contributed by atoms with E-state index in [-0.39, 0.29) is 5.56 Å². The van der Waals surface area contributed by atoms with Crippen LogP contribution >= 0.6 is 15.9 Å². The van der Waals surface area contributed by atoms with Crippen molar-refractivity contribution in [2.24, 2.45) is 5.92 Å². The summed E-state index contributed by atoms with van der Waals surface area (Å²) >= 11 is 3.24. The van der Waals surface area contributed by atoms with E-state index in [1.165, 1.54) is 19.3 Å². The summed E-state index contributed by atoms with van der Waals surface area (Å²) in [6, 6.07) is 3.70. The van der Waals surface area contributed by atoms with E-state index in [4.69, 9.17) is 0 Å². The molecule has 1 saturated carbocycles. The molecule has 0 N–H and O–H groups in total. The molecule has 2 nitrogen and oxygen atoms in total. The van der Waals surface area contributed by atoms with Gasteiger partial charge < -0.3 is 4.57 Å². The van der Waals surface area contributed by atoms with Crippen LogP contribution in [0.3, 0.4) is 0 Å². The summed E-state index contributed by atoms with van der Waals surface area (Å²) < 4.78 is 2.46. The lowest BCUT2D eigenvalue weighted by molar-refractivity contribution is 0.273. The zero-order valence-electron chi connectivity index (χ0n) is 7.37. The smallest absolute Gasteiger partial charge is 0.264 e. The Kier molecular flexibility index (Phi) is 2.54. The summed E-state index contributed by atoms with van der Waals surface area (Å²) in [5, 5.41) is 0. The van der Waals surface area contributed by atoms with Gasteiger partial charge in [0, 0.05) is 12.7 Å². The van der Waals surface area contributed by atoms with Gasteiger partial charge in [-0.25, -0.2) is 0 Å². The molecule has 0 atom stereocenters. The van der Waals surface area contributed by atoms with Crippen molar-refractivity contribution < 1.29 is 0 Å². The van der Waals surface area contributed by atoms with Gasteiger partial charge in [0.1, 0.15) is 0 Å². The van der Waals surface area contributed by atoms with Crippen LogP contribution in [0.5, 0.6) is 0 Å². The molecule has 3 heteroatoms. The highest BCUT2D eigenvalue weighted by atomic mass is 79.9. The molecule has 0 bridgehead atoms. The van der Waals surface area contributed by atoms with Crippen molar-refractivity contribution in [3.8, 4) is 0 Å². The second kappa shape index (κ2) is 3.66. The molecule has 0 radical (unpaired) electrons. The summed E-state index contributed by atoms with van der Waals surface area (Å²) in [4.78, 5) is 11.6. The monoisotopic (exact) mass is 241 g/mol. The molecule has 0 aromatic carbocycles. The maximum atomic E-state index is 11.6. The van der Waals surface area contributed by atoms with E-state index >= 15 is 0 Å². The molecular formula is C10H12BrNO. The lowest BCUT2D eigenvalue weighted by atomic mass is 9.85. The maximum Gasteiger partial charge on any atom is 0.264 e. The normalized spacial score (nSPS) is 17.0. The van der Waals surface area contributed by atoms with E-state index in [9.17, 15) is 4.79 Å². The third kappa shape index (κ3) is 1.85. The van der Waals surface area contributed by atoms with E-state index in [2.05, 4.69) is 15.9 Å². The molecule has 1 aliphatic rings. The van der Waals surface area contributed by atoms with Crippen LogP contribution in [0.25, 0.3) is 0 Å². The van der Waals surface area contributed by atoms with Crippen LogP contribution in [0.4, 0.5) is 0 Å². The first-order valence-corrected chi connectivity index (χ1v) is 5.41. The van der Waals surface area contributed by atoms with Crippen molar-refractivity contribution in [1.82, 2.24) is 4.57 Å². The van der Waals surface area contributed by atoms with Crippen molar-refractivity contribution >= 4 is 15.9 Å². The molecular weight excluding hydrogens is 230 g/mol. The number of rotatable bonds is 2. The highest BCUT2D eigenvalue weighted by Gasteiger charge is 2.18. The standard InChI is InChI=1S/C10H12BrNO/c11-9-5-2-6-12(10(9)13)7-8-3-1-4-8/h2,5-6,8H,1,3-4,7H2. The largest absolute Gasteiger partial charge is 0.314 e. The van der Waals surface area contributed by atoms with Crippen LogP contribution in [0.15, 0.2) is 27.6 Å². The quantitative estimate of drug-likeness (QED) is 0.780. The highest BCUT2D eigenvalue weighted by Crippen LogP contribution is 2.27. The maximum absolute atomic E-state index is 11.6. The van der Waals surface area contributed by atoms with Gasteiger partial charge in [0.05, 0.1) is 4.47 Å². The molecule has 1 aromatic rings. The van der Waals surface area contributed by atoms with E-state index < -0.39 is 0 Å². The van der Waals surface area contributed by atoms with Gasteiger partial charge in [-0.15, -0.1) is 0 Å². The van der Waals surface area contributed by atoms with Crippen molar-refractivity contribution in [2.75, 3.05) is 0 Å². The second-order valence-corrected chi connectivity index (χ2v) is 4.46. The number of hydrogen-bond donors (Lipinski definition) is 0. The zero-order valence-corrected chi connectivity index (χ0v) is 8.96. The average molecular weight is 242 g/mol. The number of hydrogen-bond acceptors (Lipinski definition) is 1. The molecule has 13 heavy (non-hydrogen) atoms. The van der Waals surface area contributed by atoms with E-state index in [1.54, 1.807) is 10.6 Å². The molecule has 0 unspecified atom stereocenters. The van der Waals surface area contributed by atoms with Crippen LogP contribution in [-0.2, 0) is 6.54 Å². The van der Waals surface area contributed by atoms with Gasteiger partial charge in [-0.2, -0.15) is 0 Å². The van der Waals surface area contributed by atoms with Crippen LogP contribution in [0, 0.1) is 5.92 Å². The molecule has 1 heterocycles. The van der Waals surface area contributed by atoms with Gasteiger partial charge in [-0.3, -0.25) is 4.79 Å². The first-order chi connectivity index (χ1) is 6.27. The molecule has 1 fully saturated rings. The summed E-state index contributed by atoms with van der Waals surface area (Å²) in [6.07, 6.45) is 5.75. The van der Waals surface area contributed by atoms with Gasteiger partial charge >= 0.3 is 0 Å². The fourth-order valence-electron chi connectivity index (χ4n) is 1.60. The topological polar surface area (TPSA) is 22.0 Å². The van der Waals surface area contributed by atoms with E-state index in [0.717, 1.165) is 12.5 Å². The summed E-state index contributed by atoms with van der Waals surface area (Å²) in [7, 11) is 0. The van der Waals surface area contributed by atoms with Crippen molar-refractivity contribution in [3.05, 3.63) is 33.2 Å². The van der Waals surface area contributed by atoms with Gasteiger partial charge in [-0.1, -0.05) is 6.42 Å². The highest BCUT2D eigenvalue weighted by molar-refractivity contribution is 9.10. The van der Waals surface area contributed by atoms with Gasteiger partial charge in [0.15, 0.2) is 0 Å². The Hall–Kier alpha value is -0.570. The minimum absolute atomic E-state index is 0.0920. The summed E-state index contributed by atoms with van der Waals surface area (Å²) in [5.74, 6) is 0.729. The lowest BCUT2D eigenvalue weighted by Crippen LogP contribution is -2.26. The third-order valence-corrected chi connectivity index (χ3v) is 3.26. The van der Waals surface area contributed by atoms with E-state index in [1.807, 2.05) is 12.3 Å². The number of pyridine rings is 1. The van der Waals surface area contributed by atoms with Crippen LogP contribution in [0.2, 0.25) is 0 Å². The molecule has 0 saturated heterocycles. The Bertz CT molecular complexity index is 354. The minimum Gasteiger partial charge on any atom is -0.314 e. The number of aromatic nitrogens is 1. The zero-order chi connectivity index (χ0) is 9.26. The first kappa shape index (κ1) is 9.00. The van der Waals surface area contributed by atoms with Gasteiger partial charge in [-0.05, 0) is 46.8 Å². The molecule has 1 aliphatic carbocycles. The molecule has 0 aliphatic heterocycles. The fourth-order valence-corrected chi connectivity index (χ4v) is 1.99. The second-order valence-electron chi connectivity index (χ2n) is 3.61. The Morgan fingerprint density at radius 2 is 2.31 bits per heavy atom. The Morgan fingerprint density at radius 3 is 2.92 bits per heavy atom. The van der Waals surface area contributed by atoms with Crippen LogP contribution in [-0.4, -0.2) is 4.57 Å². The van der Waals surface area contributed by atoms with Gasteiger partial charge in [0.25, 0.3) is 5.56 Å². The lowest BCUT2D eigenvalue weighted by Gasteiger charge is -2.25. The van der Waals surface area contributed by atoms with Crippen molar-refractivity contribution in [1.29, 1.82) is 0 Å². The summed E-state index contributed by atoms with van der Waals surface area (Å²) in [6.45, 7) is 0.887.